The molecule has 0 saturated carbocycles. The van der Waals surface area contributed by atoms with E-state index < -0.39 is 0 Å². The lowest BCUT2D eigenvalue weighted by molar-refractivity contribution is -0.116. The van der Waals surface area contributed by atoms with Crippen LogP contribution in [-0.4, -0.2) is 23.2 Å². The van der Waals surface area contributed by atoms with Gasteiger partial charge < -0.3 is 9.32 Å². The molecule has 0 spiro atoms. The normalized spacial score (nSPS) is 13.2. The number of fused-ring (bicyclic) bond motifs is 1. The molecule has 1 aliphatic heterocycles. The topological polar surface area (TPSA) is 46.3 Å². The van der Waals surface area contributed by atoms with Gasteiger partial charge in [-0.05, 0) is 43.2 Å². The van der Waals surface area contributed by atoms with Crippen LogP contribution < -0.4 is 4.90 Å². The Hall–Kier alpha value is -2.05. The number of thioether (sulfide) groups is 1. The van der Waals surface area contributed by atoms with Crippen LogP contribution in [0.3, 0.4) is 0 Å². The molecule has 4 nitrogen and oxygen atoms in total. The van der Waals surface area contributed by atoms with E-state index in [2.05, 4.69) is 28.6 Å². The van der Waals surface area contributed by atoms with Gasteiger partial charge in [0.2, 0.25) is 5.91 Å². The molecule has 3 aromatic rings. The number of carbonyl (C=O) groups is 1. The first-order valence-electron chi connectivity index (χ1n) is 8.16. The molecule has 4 rings (SSSR count). The summed E-state index contributed by atoms with van der Waals surface area (Å²) < 4.78 is 5.30. The number of nitrogens with zero attached hydrogens (tertiary/aromatic N) is 2. The molecule has 0 atom stereocenters. The van der Waals surface area contributed by atoms with Crippen LogP contribution in [0.4, 0.5) is 5.69 Å². The standard InChI is InChI=1S/C19H18N2O2S2/c1-13-20-17(11-25-13)14-4-5-18-15(9-14)6-7-21(18)19(22)12-24-10-16-3-2-8-23-16/h2-5,8-9,11H,6-7,10,12H2,1H3. The average molecular weight is 370 g/mol. The number of carbonyl (C=O) groups excluding carboxylic acids is 1. The van der Waals surface area contributed by atoms with Crippen molar-refractivity contribution >= 4 is 34.7 Å². The van der Waals surface area contributed by atoms with Crippen LogP contribution in [0.5, 0.6) is 0 Å². The minimum atomic E-state index is 0.160. The van der Waals surface area contributed by atoms with Crippen molar-refractivity contribution in [2.75, 3.05) is 17.2 Å². The molecule has 128 valence electrons. The monoisotopic (exact) mass is 370 g/mol. The molecule has 1 aliphatic rings. The van der Waals surface area contributed by atoms with Crippen molar-refractivity contribution < 1.29 is 9.21 Å². The number of thiazole rings is 1. The quantitative estimate of drug-likeness (QED) is 0.662. The van der Waals surface area contributed by atoms with Crippen molar-refractivity contribution in [1.82, 2.24) is 4.98 Å². The Labute approximate surface area is 154 Å². The molecular formula is C19H18N2O2S2. The zero-order valence-electron chi connectivity index (χ0n) is 13.9. The Morgan fingerprint density at radius 1 is 1.40 bits per heavy atom. The maximum atomic E-state index is 12.6. The van der Waals surface area contributed by atoms with Crippen LogP contribution in [0.2, 0.25) is 0 Å². The van der Waals surface area contributed by atoms with Gasteiger partial charge in [-0.15, -0.1) is 23.1 Å². The molecule has 1 amide bonds. The van der Waals surface area contributed by atoms with E-state index in [1.165, 1.54) is 5.56 Å². The lowest BCUT2D eigenvalue weighted by Crippen LogP contribution is -2.30. The summed E-state index contributed by atoms with van der Waals surface area (Å²) in [4.78, 5) is 19.0. The molecule has 0 radical (unpaired) electrons. The largest absolute Gasteiger partial charge is 0.468 e. The Kier molecular flexibility index (Phi) is 4.63. The average Bonchev–Trinajstić information content (AvgIpc) is 3.34. The van der Waals surface area contributed by atoms with Crippen LogP contribution in [0.1, 0.15) is 16.3 Å². The maximum Gasteiger partial charge on any atom is 0.237 e. The van der Waals surface area contributed by atoms with Crippen molar-refractivity contribution in [2.24, 2.45) is 0 Å². The third kappa shape index (κ3) is 3.50. The van der Waals surface area contributed by atoms with Crippen molar-refractivity contribution in [3.05, 3.63) is 58.3 Å². The molecule has 3 heterocycles. The highest BCUT2D eigenvalue weighted by atomic mass is 32.2. The minimum absolute atomic E-state index is 0.160. The van der Waals surface area contributed by atoms with Crippen LogP contribution in [0.25, 0.3) is 11.3 Å². The highest BCUT2D eigenvalue weighted by Gasteiger charge is 2.25. The fourth-order valence-corrected chi connectivity index (χ4v) is 4.45. The fraction of sp³-hybridized carbons (Fsp3) is 0.263. The second-order valence-electron chi connectivity index (χ2n) is 5.96. The van der Waals surface area contributed by atoms with Gasteiger partial charge in [0, 0.05) is 23.2 Å². The number of hydrogen-bond donors (Lipinski definition) is 0. The summed E-state index contributed by atoms with van der Waals surface area (Å²) >= 11 is 3.25. The number of anilines is 1. The zero-order chi connectivity index (χ0) is 17.2. The number of hydrogen-bond acceptors (Lipinski definition) is 5. The summed E-state index contributed by atoms with van der Waals surface area (Å²) in [6.45, 7) is 2.78. The van der Waals surface area contributed by atoms with E-state index >= 15 is 0 Å². The number of furan rings is 1. The third-order valence-electron chi connectivity index (χ3n) is 4.24. The van der Waals surface area contributed by atoms with Crippen molar-refractivity contribution in [3.63, 3.8) is 0 Å². The smallest absolute Gasteiger partial charge is 0.237 e. The number of amides is 1. The lowest BCUT2D eigenvalue weighted by atomic mass is 10.1. The van der Waals surface area contributed by atoms with E-state index in [-0.39, 0.29) is 5.91 Å². The molecule has 6 heteroatoms. The zero-order valence-corrected chi connectivity index (χ0v) is 15.5. The van der Waals surface area contributed by atoms with E-state index in [1.807, 2.05) is 24.0 Å². The van der Waals surface area contributed by atoms with Gasteiger partial charge in [-0.1, -0.05) is 6.07 Å². The molecule has 25 heavy (non-hydrogen) atoms. The van der Waals surface area contributed by atoms with Gasteiger partial charge in [0.05, 0.1) is 28.5 Å². The van der Waals surface area contributed by atoms with E-state index in [9.17, 15) is 4.79 Å². The van der Waals surface area contributed by atoms with E-state index in [0.29, 0.717) is 5.75 Å². The highest BCUT2D eigenvalue weighted by molar-refractivity contribution is 7.99. The van der Waals surface area contributed by atoms with Gasteiger partial charge in [0.15, 0.2) is 0 Å². The SMILES string of the molecule is Cc1nc(-c2ccc3c(c2)CCN3C(=O)CSCc2ccco2)cs1. The number of benzene rings is 1. The molecule has 0 fully saturated rings. The Morgan fingerprint density at radius 2 is 2.32 bits per heavy atom. The summed E-state index contributed by atoms with van der Waals surface area (Å²) in [5, 5.41) is 3.15. The predicted octanol–water partition coefficient (Wildman–Crippen LogP) is 4.53. The Bertz CT molecular complexity index is 887. The second-order valence-corrected chi connectivity index (χ2v) is 8.01. The Balaban J connectivity index is 1.43. The molecule has 0 saturated heterocycles. The van der Waals surface area contributed by atoms with Crippen molar-refractivity contribution in [1.29, 1.82) is 0 Å². The summed E-state index contributed by atoms with van der Waals surface area (Å²) in [6.07, 6.45) is 2.57. The molecule has 0 N–H and O–H groups in total. The molecule has 1 aromatic carbocycles. The number of aryl methyl sites for hydroxylation is 1. The summed E-state index contributed by atoms with van der Waals surface area (Å²) in [7, 11) is 0. The van der Waals surface area contributed by atoms with Gasteiger partial charge in [-0.25, -0.2) is 4.98 Å². The van der Waals surface area contributed by atoms with Crippen LogP contribution in [0.15, 0.2) is 46.4 Å². The first-order chi connectivity index (χ1) is 12.2. The van der Waals surface area contributed by atoms with Crippen LogP contribution >= 0.6 is 23.1 Å². The van der Waals surface area contributed by atoms with Gasteiger partial charge in [0.1, 0.15) is 5.76 Å². The highest BCUT2D eigenvalue weighted by Crippen LogP contribution is 2.33. The predicted molar refractivity (Wildman–Crippen MR) is 103 cm³/mol. The van der Waals surface area contributed by atoms with Gasteiger partial charge in [0.25, 0.3) is 0 Å². The molecule has 0 bridgehead atoms. The molecular weight excluding hydrogens is 352 g/mol. The first kappa shape index (κ1) is 16.4. The van der Waals surface area contributed by atoms with Gasteiger partial charge in [-0.2, -0.15) is 0 Å². The summed E-state index contributed by atoms with van der Waals surface area (Å²) in [5.41, 5.74) is 4.42. The Morgan fingerprint density at radius 3 is 3.08 bits per heavy atom. The first-order valence-corrected chi connectivity index (χ1v) is 10.2. The third-order valence-corrected chi connectivity index (χ3v) is 5.95. The van der Waals surface area contributed by atoms with Gasteiger partial charge >= 0.3 is 0 Å². The molecule has 0 aliphatic carbocycles. The van der Waals surface area contributed by atoms with Gasteiger partial charge in [-0.3, -0.25) is 4.79 Å². The van der Waals surface area contributed by atoms with Crippen molar-refractivity contribution in [2.45, 2.75) is 19.1 Å². The number of rotatable bonds is 5. The maximum absolute atomic E-state index is 12.6. The molecule has 0 unspecified atom stereocenters. The minimum Gasteiger partial charge on any atom is -0.468 e. The van der Waals surface area contributed by atoms with Crippen LogP contribution in [0, 0.1) is 6.92 Å². The van der Waals surface area contributed by atoms with E-state index in [1.54, 1.807) is 29.4 Å². The second kappa shape index (κ2) is 7.06. The van der Waals surface area contributed by atoms with E-state index in [0.717, 1.165) is 46.4 Å². The van der Waals surface area contributed by atoms with Crippen LogP contribution in [-0.2, 0) is 17.0 Å². The summed E-state index contributed by atoms with van der Waals surface area (Å²) in [6, 6.07) is 10.1. The lowest BCUT2D eigenvalue weighted by Gasteiger charge is -2.17. The summed E-state index contributed by atoms with van der Waals surface area (Å²) in [5.74, 6) is 2.25. The fourth-order valence-electron chi connectivity index (χ4n) is 3.03. The van der Waals surface area contributed by atoms with Crippen molar-refractivity contribution in [3.8, 4) is 11.3 Å². The molecule has 2 aromatic heterocycles. The van der Waals surface area contributed by atoms with E-state index in [4.69, 9.17) is 4.42 Å². The number of aromatic nitrogens is 1.